The topological polar surface area (TPSA) is 58.9 Å². The predicted octanol–water partition coefficient (Wildman–Crippen LogP) is 17.2. The van der Waals surface area contributed by atoms with Crippen molar-refractivity contribution in [1.29, 1.82) is 0 Å². The molecule has 0 saturated heterocycles. The second kappa shape index (κ2) is 18.4. The van der Waals surface area contributed by atoms with Crippen molar-refractivity contribution in [3.8, 4) is 78.6 Å². The molecule has 0 atom stereocenters. The fourth-order valence-corrected chi connectivity index (χ4v) is 9.94. The van der Waals surface area contributed by atoms with Crippen molar-refractivity contribution in [2.24, 2.45) is 0 Å². The smallest absolute Gasteiger partial charge is 0.136 e. The maximum atomic E-state index is 10.6. The van der Waals surface area contributed by atoms with E-state index in [0.717, 1.165) is 110 Å². The van der Waals surface area contributed by atoms with Gasteiger partial charge in [-0.05, 0) is 159 Å². The number of fused-ring (bicyclic) bond motifs is 4. The molecule has 0 spiro atoms. The summed E-state index contributed by atoms with van der Waals surface area (Å²) >= 11 is 0. The summed E-state index contributed by atoms with van der Waals surface area (Å²) in [5.74, 6) is 2.57. The van der Waals surface area contributed by atoms with Crippen molar-refractivity contribution in [2.45, 2.75) is 13.2 Å². The van der Waals surface area contributed by atoms with Crippen LogP contribution in [0.5, 0.6) is 23.0 Å². The number of hydrogen-bond acceptors (Lipinski definition) is 4. The van der Waals surface area contributed by atoms with Gasteiger partial charge in [-0.3, -0.25) is 0 Å². The first-order valence-corrected chi connectivity index (χ1v) is 23.6. The van der Waals surface area contributed by atoms with Gasteiger partial charge < -0.3 is 19.7 Å². The van der Waals surface area contributed by atoms with Crippen LogP contribution < -0.4 is 9.47 Å². The normalized spacial score (nSPS) is 11.4. The highest BCUT2D eigenvalue weighted by atomic mass is 16.5. The number of ether oxygens (including phenoxy) is 2. The van der Waals surface area contributed by atoms with Crippen LogP contribution in [0, 0.1) is 0 Å². The number of rotatable bonds is 11. The molecule has 334 valence electrons. The number of aliphatic hydroxyl groups is 2. The molecular formula is C66H46O4. The third kappa shape index (κ3) is 8.11. The lowest BCUT2D eigenvalue weighted by atomic mass is 9.90. The first kappa shape index (κ1) is 42.5. The van der Waals surface area contributed by atoms with Crippen LogP contribution >= 0.6 is 0 Å². The molecule has 12 aromatic rings. The molecule has 0 aromatic heterocycles. The van der Waals surface area contributed by atoms with E-state index in [9.17, 15) is 10.2 Å². The van der Waals surface area contributed by atoms with Gasteiger partial charge in [0, 0.05) is 11.1 Å². The first-order valence-electron chi connectivity index (χ1n) is 23.6. The highest BCUT2D eigenvalue weighted by molar-refractivity contribution is 6.11. The lowest BCUT2D eigenvalue weighted by Gasteiger charge is -2.21. The van der Waals surface area contributed by atoms with Gasteiger partial charge in [-0.15, -0.1) is 0 Å². The fourth-order valence-electron chi connectivity index (χ4n) is 9.94. The van der Waals surface area contributed by atoms with E-state index in [1.807, 2.05) is 72.8 Å². The summed E-state index contributed by atoms with van der Waals surface area (Å²) in [6, 6.07) is 83.8. The van der Waals surface area contributed by atoms with E-state index in [0.29, 0.717) is 23.0 Å². The van der Waals surface area contributed by atoms with Crippen molar-refractivity contribution >= 4 is 43.1 Å². The molecule has 0 unspecified atom stereocenters. The Morgan fingerprint density at radius 2 is 0.643 bits per heavy atom. The molecule has 2 N–H and O–H groups in total. The van der Waals surface area contributed by atoms with Crippen molar-refractivity contribution in [1.82, 2.24) is 0 Å². The Labute approximate surface area is 406 Å². The Bertz CT molecular complexity index is 3660. The van der Waals surface area contributed by atoms with Crippen LogP contribution in [0.1, 0.15) is 11.1 Å². The third-order valence-corrected chi connectivity index (χ3v) is 13.5. The van der Waals surface area contributed by atoms with Crippen LogP contribution in [0.4, 0.5) is 0 Å². The van der Waals surface area contributed by atoms with Crippen LogP contribution in [0.15, 0.2) is 243 Å². The number of aliphatic hydroxyl groups excluding tert-OH is 2. The van der Waals surface area contributed by atoms with Crippen LogP contribution in [0.25, 0.3) is 98.7 Å². The monoisotopic (exact) mass is 902 g/mol. The Kier molecular flexibility index (Phi) is 11.2. The zero-order chi connectivity index (χ0) is 47.0. The molecule has 0 aliphatic heterocycles. The van der Waals surface area contributed by atoms with Crippen LogP contribution in [0.3, 0.4) is 0 Å². The molecule has 0 heterocycles. The number of hydrogen-bond donors (Lipinski definition) is 2. The summed E-state index contributed by atoms with van der Waals surface area (Å²) < 4.78 is 14.3. The molecule has 0 saturated carbocycles. The van der Waals surface area contributed by atoms with Crippen molar-refractivity contribution in [2.75, 3.05) is 0 Å². The van der Waals surface area contributed by atoms with Gasteiger partial charge >= 0.3 is 0 Å². The van der Waals surface area contributed by atoms with E-state index >= 15 is 0 Å². The molecule has 0 aliphatic carbocycles. The van der Waals surface area contributed by atoms with Gasteiger partial charge in [0.15, 0.2) is 0 Å². The molecule has 4 heteroatoms. The first-order chi connectivity index (χ1) is 34.6. The van der Waals surface area contributed by atoms with Gasteiger partial charge in [0.25, 0.3) is 0 Å². The maximum Gasteiger partial charge on any atom is 0.136 e. The van der Waals surface area contributed by atoms with Crippen molar-refractivity contribution < 1.29 is 19.7 Å². The highest BCUT2D eigenvalue weighted by Gasteiger charge is 2.22. The average molecular weight is 903 g/mol. The van der Waals surface area contributed by atoms with Gasteiger partial charge in [0.05, 0.1) is 13.2 Å². The SMILES string of the molecule is OCc1ccc(Oc2ccc3cc(-c4ccccc4)ccc3c2-c2c(Oc3ccc(CO)c(-c4ccc5ccccc5c4)c3)ccc3cc(-c4ccccc4)ccc23)cc1-c1ccc2ccccc2c1. The molecule has 0 aliphatic rings. The molecule has 70 heavy (non-hydrogen) atoms. The molecule has 0 radical (unpaired) electrons. The predicted molar refractivity (Wildman–Crippen MR) is 289 cm³/mol. The van der Waals surface area contributed by atoms with Gasteiger partial charge in [-0.1, -0.05) is 182 Å². The number of benzene rings is 12. The highest BCUT2D eigenvalue weighted by Crippen LogP contribution is 2.49. The standard InChI is InChI=1S/C66H46O4/c67-41-55-23-29-57(39-61(55)53-21-19-45-15-7-9-17-47(45)35-53)69-63-33-27-51-37-49(43-11-3-1-4-12-43)25-31-59(51)65(63)66-60-32-26-50(44-13-5-2-6-14-44)38-52(60)28-34-64(66)70-58-30-24-56(42-68)62(40-58)54-22-20-46-16-8-10-18-48(46)36-54/h1-40,67-68H,41-42H2. The van der Waals surface area contributed by atoms with Crippen molar-refractivity contribution in [3.05, 3.63) is 254 Å². The quantitative estimate of drug-likeness (QED) is 0.136. The largest absolute Gasteiger partial charge is 0.457 e. The zero-order valence-electron chi connectivity index (χ0n) is 38.2. The summed E-state index contributed by atoms with van der Waals surface area (Å²) in [5.41, 5.74) is 11.7. The Hall–Kier alpha value is -8.80. The Balaban J connectivity index is 1.06. The second-order valence-electron chi connectivity index (χ2n) is 17.8. The summed E-state index contributed by atoms with van der Waals surface area (Å²) in [7, 11) is 0. The van der Waals surface area contributed by atoms with E-state index in [1.54, 1.807) is 0 Å². The third-order valence-electron chi connectivity index (χ3n) is 13.5. The molecule has 12 aromatic carbocycles. The minimum atomic E-state index is -0.114. The van der Waals surface area contributed by atoms with Gasteiger partial charge in [0.1, 0.15) is 23.0 Å². The molecular weight excluding hydrogens is 857 g/mol. The van der Waals surface area contributed by atoms with E-state index in [-0.39, 0.29) is 13.2 Å². The van der Waals surface area contributed by atoms with Gasteiger partial charge in [-0.2, -0.15) is 0 Å². The lowest BCUT2D eigenvalue weighted by molar-refractivity contribution is 0.282. The average Bonchev–Trinajstić information content (AvgIpc) is 3.43. The maximum absolute atomic E-state index is 10.6. The molecule has 0 fully saturated rings. The van der Waals surface area contributed by atoms with E-state index in [4.69, 9.17) is 9.47 Å². The van der Waals surface area contributed by atoms with Crippen LogP contribution in [-0.4, -0.2) is 10.2 Å². The molecule has 0 amide bonds. The Morgan fingerprint density at radius 3 is 1.07 bits per heavy atom. The molecule has 12 rings (SSSR count). The molecule has 0 bridgehead atoms. The lowest BCUT2D eigenvalue weighted by Crippen LogP contribution is -1.97. The summed E-state index contributed by atoms with van der Waals surface area (Å²) in [6.07, 6.45) is 0. The van der Waals surface area contributed by atoms with Crippen LogP contribution in [0.2, 0.25) is 0 Å². The van der Waals surface area contributed by atoms with E-state index < -0.39 is 0 Å². The zero-order valence-corrected chi connectivity index (χ0v) is 38.2. The molecule has 4 nitrogen and oxygen atoms in total. The van der Waals surface area contributed by atoms with E-state index in [2.05, 4.69) is 170 Å². The minimum Gasteiger partial charge on any atom is -0.457 e. The van der Waals surface area contributed by atoms with E-state index in [1.165, 1.54) is 0 Å². The summed E-state index contributed by atoms with van der Waals surface area (Å²) in [4.78, 5) is 0. The fraction of sp³-hybridized carbons (Fsp3) is 0.0303. The second-order valence-corrected chi connectivity index (χ2v) is 17.8. The van der Waals surface area contributed by atoms with Crippen LogP contribution in [-0.2, 0) is 13.2 Å². The van der Waals surface area contributed by atoms with Gasteiger partial charge in [0.2, 0.25) is 0 Å². The summed E-state index contributed by atoms with van der Waals surface area (Å²) in [5, 5.41) is 29.9. The Morgan fingerprint density at radius 1 is 0.271 bits per heavy atom. The van der Waals surface area contributed by atoms with Gasteiger partial charge in [-0.25, -0.2) is 0 Å². The van der Waals surface area contributed by atoms with Crippen molar-refractivity contribution in [3.63, 3.8) is 0 Å². The summed E-state index contributed by atoms with van der Waals surface area (Å²) in [6.45, 7) is -0.228. The minimum absolute atomic E-state index is 0.114.